The summed E-state index contributed by atoms with van der Waals surface area (Å²) in [5.41, 5.74) is -0.746. The van der Waals surface area contributed by atoms with Crippen LogP contribution in [0, 0.1) is 11.8 Å². The van der Waals surface area contributed by atoms with Gasteiger partial charge in [0.05, 0.1) is 11.7 Å². The summed E-state index contributed by atoms with van der Waals surface area (Å²) in [6, 6.07) is 0. The van der Waals surface area contributed by atoms with Gasteiger partial charge in [0, 0.05) is 6.42 Å². The SMILES string of the molecule is CCCCCC(C)(O)/C=C/C1CC[C@@H](O)C1CCCCCCC(=O)O. The smallest absolute Gasteiger partial charge is 0.303 e. The molecule has 1 fully saturated rings. The highest BCUT2D eigenvalue weighted by Crippen LogP contribution is 2.37. The lowest BCUT2D eigenvalue weighted by Crippen LogP contribution is -2.22. The van der Waals surface area contributed by atoms with Crippen LogP contribution in [0.25, 0.3) is 0 Å². The molecule has 0 aromatic heterocycles. The zero-order valence-electron chi connectivity index (χ0n) is 16.1. The van der Waals surface area contributed by atoms with E-state index in [0.29, 0.717) is 5.92 Å². The first-order valence-electron chi connectivity index (χ1n) is 10.2. The molecule has 3 unspecified atom stereocenters. The molecule has 0 bridgehead atoms. The zero-order valence-corrected chi connectivity index (χ0v) is 16.1. The van der Waals surface area contributed by atoms with Crippen molar-refractivity contribution in [2.24, 2.45) is 11.8 Å². The lowest BCUT2D eigenvalue weighted by molar-refractivity contribution is -0.137. The van der Waals surface area contributed by atoms with Crippen LogP contribution in [0.1, 0.15) is 90.9 Å². The Morgan fingerprint density at radius 1 is 1.12 bits per heavy atom. The standard InChI is InChI=1S/C21H38O4/c1-3-4-9-15-21(2,25)16-14-17-12-13-19(22)18(17)10-7-5-6-8-11-20(23)24/h14,16-19,22,25H,3-13,15H2,1-2H3,(H,23,24)/b16-14+/t17?,18?,19-,21?/m1/s1. The Morgan fingerprint density at radius 3 is 2.52 bits per heavy atom. The average molecular weight is 355 g/mol. The summed E-state index contributed by atoms with van der Waals surface area (Å²) in [7, 11) is 0. The molecule has 4 atom stereocenters. The molecule has 4 heteroatoms. The predicted molar refractivity (Wildman–Crippen MR) is 101 cm³/mol. The minimum Gasteiger partial charge on any atom is -0.481 e. The van der Waals surface area contributed by atoms with Crippen molar-refractivity contribution in [3.63, 3.8) is 0 Å². The fourth-order valence-corrected chi connectivity index (χ4v) is 3.88. The monoisotopic (exact) mass is 354 g/mol. The third-order valence-corrected chi connectivity index (χ3v) is 5.51. The highest BCUT2D eigenvalue weighted by molar-refractivity contribution is 5.66. The second-order valence-electron chi connectivity index (χ2n) is 7.99. The number of rotatable bonds is 13. The topological polar surface area (TPSA) is 77.8 Å². The molecule has 25 heavy (non-hydrogen) atoms. The number of hydrogen-bond donors (Lipinski definition) is 3. The van der Waals surface area contributed by atoms with Crippen LogP contribution in [-0.2, 0) is 4.79 Å². The number of carbonyl (C=O) groups is 1. The summed E-state index contributed by atoms with van der Waals surface area (Å²) < 4.78 is 0. The van der Waals surface area contributed by atoms with Gasteiger partial charge in [-0.2, -0.15) is 0 Å². The van der Waals surface area contributed by atoms with Crippen LogP contribution < -0.4 is 0 Å². The maximum atomic E-state index is 10.5. The van der Waals surface area contributed by atoms with E-state index in [4.69, 9.17) is 5.11 Å². The van der Waals surface area contributed by atoms with E-state index in [2.05, 4.69) is 13.0 Å². The van der Waals surface area contributed by atoms with E-state index in [1.807, 2.05) is 13.0 Å². The van der Waals surface area contributed by atoms with Crippen molar-refractivity contribution in [1.29, 1.82) is 0 Å². The number of hydrogen-bond acceptors (Lipinski definition) is 3. The van der Waals surface area contributed by atoms with Gasteiger partial charge in [0.25, 0.3) is 0 Å². The molecule has 1 aliphatic rings. The van der Waals surface area contributed by atoms with Crippen LogP contribution in [0.4, 0.5) is 0 Å². The summed E-state index contributed by atoms with van der Waals surface area (Å²) >= 11 is 0. The number of aliphatic hydroxyl groups is 2. The van der Waals surface area contributed by atoms with Crippen molar-refractivity contribution in [1.82, 2.24) is 0 Å². The van der Waals surface area contributed by atoms with Gasteiger partial charge >= 0.3 is 5.97 Å². The Kier molecular flexibility index (Phi) is 10.4. The average Bonchev–Trinajstić information content (AvgIpc) is 2.89. The lowest BCUT2D eigenvalue weighted by atomic mass is 9.87. The molecule has 1 rings (SSSR count). The largest absolute Gasteiger partial charge is 0.481 e. The fourth-order valence-electron chi connectivity index (χ4n) is 3.88. The van der Waals surface area contributed by atoms with Crippen LogP contribution >= 0.6 is 0 Å². The maximum absolute atomic E-state index is 10.5. The molecule has 0 heterocycles. The Balaban J connectivity index is 2.37. The third-order valence-electron chi connectivity index (χ3n) is 5.51. The van der Waals surface area contributed by atoms with E-state index >= 15 is 0 Å². The molecule has 0 spiro atoms. The van der Waals surface area contributed by atoms with Gasteiger partial charge in [-0.1, -0.05) is 57.6 Å². The van der Waals surface area contributed by atoms with Crippen molar-refractivity contribution in [3.05, 3.63) is 12.2 Å². The van der Waals surface area contributed by atoms with Gasteiger partial charge in [-0.3, -0.25) is 4.79 Å². The first-order chi connectivity index (χ1) is 11.9. The number of aliphatic carboxylic acids is 1. The minimum absolute atomic E-state index is 0.237. The Morgan fingerprint density at radius 2 is 1.84 bits per heavy atom. The van der Waals surface area contributed by atoms with Crippen molar-refractivity contribution >= 4 is 5.97 Å². The van der Waals surface area contributed by atoms with Crippen molar-refractivity contribution in [3.8, 4) is 0 Å². The minimum atomic E-state index is -0.746. The molecule has 1 aliphatic carbocycles. The first kappa shape index (κ1) is 22.2. The molecule has 0 amide bonds. The molecule has 0 aliphatic heterocycles. The zero-order chi connectivity index (χ0) is 18.7. The molecule has 4 nitrogen and oxygen atoms in total. The second-order valence-corrected chi connectivity index (χ2v) is 7.99. The molecular weight excluding hydrogens is 316 g/mol. The summed E-state index contributed by atoms with van der Waals surface area (Å²) in [6.45, 7) is 4.04. The van der Waals surface area contributed by atoms with E-state index in [1.165, 1.54) is 0 Å². The van der Waals surface area contributed by atoms with Gasteiger partial charge in [-0.25, -0.2) is 0 Å². The molecule has 1 saturated carbocycles. The van der Waals surface area contributed by atoms with Crippen LogP contribution in [0.15, 0.2) is 12.2 Å². The van der Waals surface area contributed by atoms with Gasteiger partial charge in [-0.15, -0.1) is 0 Å². The molecule has 0 saturated heterocycles. The van der Waals surface area contributed by atoms with E-state index < -0.39 is 11.6 Å². The van der Waals surface area contributed by atoms with Crippen LogP contribution in [0.3, 0.4) is 0 Å². The summed E-state index contributed by atoms with van der Waals surface area (Å²) in [4.78, 5) is 10.5. The Hall–Kier alpha value is -0.870. The third kappa shape index (κ3) is 9.41. The second kappa shape index (κ2) is 11.7. The maximum Gasteiger partial charge on any atom is 0.303 e. The first-order valence-corrected chi connectivity index (χ1v) is 10.2. The number of carboxylic acids is 1. The van der Waals surface area contributed by atoms with E-state index in [-0.39, 0.29) is 18.4 Å². The molecule has 146 valence electrons. The van der Waals surface area contributed by atoms with Crippen LogP contribution in [-0.4, -0.2) is 33.0 Å². The molecule has 0 aromatic rings. The predicted octanol–water partition coefficient (Wildman–Crippen LogP) is 4.69. The quantitative estimate of drug-likeness (QED) is 0.331. The van der Waals surface area contributed by atoms with Crippen LogP contribution in [0.5, 0.6) is 0 Å². The molecule has 0 aromatic carbocycles. The molecule has 0 radical (unpaired) electrons. The number of allylic oxidation sites excluding steroid dienone is 1. The van der Waals surface area contributed by atoms with Crippen molar-refractivity contribution < 1.29 is 20.1 Å². The highest BCUT2D eigenvalue weighted by atomic mass is 16.4. The van der Waals surface area contributed by atoms with Gasteiger partial charge in [-0.05, 0) is 50.9 Å². The Labute approximate surface area is 153 Å². The number of unbranched alkanes of at least 4 members (excludes halogenated alkanes) is 5. The van der Waals surface area contributed by atoms with E-state index in [0.717, 1.165) is 70.6 Å². The van der Waals surface area contributed by atoms with E-state index in [9.17, 15) is 15.0 Å². The summed E-state index contributed by atoms with van der Waals surface area (Å²) in [6.07, 6.45) is 14.8. The molecular formula is C21H38O4. The summed E-state index contributed by atoms with van der Waals surface area (Å²) in [5, 5.41) is 29.4. The van der Waals surface area contributed by atoms with Gasteiger partial charge in [0.1, 0.15) is 0 Å². The van der Waals surface area contributed by atoms with Crippen molar-refractivity contribution in [2.45, 2.75) is 103 Å². The van der Waals surface area contributed by atoms with Crippen LogP contribution in [0.2, 0.25) is 0 Å². The van der Waals surface area contributed by atoms with Gasteiger partial charge in [0.15, 0.2) is 0 Å². The van der Waals surface area contributed by atoms with Gasteiger partial charge < -0.3 is 15.3 Å². The van der Waals surface area contributed by atoms with Crippen molar-refractivity contribution in [2.75, 3.05) is 0 Å². The summed E-state index contributed by atoms with van der Waals surface area (Å²) in [5.74, 6) is -0.0868. The normalized spacial score (nSPS) is 26.2. The lowest BCUT2D eigenvalue weighted by Gasteiger charge is -2.23. The van der Waals surface area contributed by atoms with Gasteiger partial charge in [0.2, 0.25) is 0 Å². The Bertz CT molecular complexity index is 403. The molecule has 3 N–H and O–H groups in total. The highest BCUT2D eigenvalue weighted by Gasteiger charge is 2.33. The van der Waals surface area contributed by atoms with E-state index in [1.54, 1.807) is 0 Å². The number of aliphatic hydroxyl groups excluding tert-OH is 1. The number of carboxylic acid groups (broad SMARTS) is 1. The fraction of sp³-hybridized carbons (Fsp3) is 0.857.